The normalized spacial score (nSPS) is 10.9. The van der Waals surface area contributed by atoms with Crippen LogP contribution in [0.2, 0.25) is 5.02 Å². The van der Waals surface area contributed by atoms with Gasteiger partial charge in [-0.2, -0.15) is 18.4 Å². The van der Waals surface area contributed by atoms with Gasteiger partial charge in [0.2, 0.25) is 5.88 Å². The van der Waals surface area contributed by atoms with Gasteiger partial charge in [-0.05, 0) is 17.7 Å². The van der Waals surface area contributed by atoms with Crippen LogP contribution in [-0.4, -0.2) is 4.98 Å². The number of allylic oxidation sites excluding steroid dienone is 1. The quantitative estimate of drug-likeness (QED) is 0.722. The zero-order chi connectivity index (χ0) is 17.0. The van der Waals surface area contributed by atoms with E-state index < -0.39 is 11.7 Å². The van der Waals surface area contributed by atoms with Crippen molar-refractivity contribution >= 4 is 11.6 Å². The second-order valence-electron chi connectivity index (χ2n) is 4.61. The summed E-state index contributed by atoms with van der Waals surface area (Å²) in [6.07, 6.45) is -3.62. The molecule has 0 aliphatic carbocycles. The van der Waals surface area contributed by atoms with Crippen LogP contribution in [0.4, 0.5) is 13.2 Å². The van der Waals surface area contributed by atoms with E-state index in [-0.39, 0.29) is 17.3 Å². The predicted molar refractivity (Wildman–Crippen MR) is 79.2 cm³/mol. The first-order valence-electron chi connectivity index (χ1n) is 6.37. The van der Waals surface area contributed by atoms with E-state index >= 15 is 0 Å². The van der Waals surface area contributed by atoms with Crippen LogP contribution in [0.5, 0.6) is 11.6 Å². The Balaban J connectivity index is 2.30. The minimum absolute atomic E-state index is 0.144. The van der Waals surface area contributed by atoms with Gasteiger partial charge in [0.25, 0.3) is 0 Å². The highest BCUT2D eigenvalue weighted by atomic mass is 35.5. The van der Waals surface area contributed by atoms with E-state index in [1.165, 1.54) is 0 Å². The Morgan fingerprint density at radius 3 is 2.65 bits per heavy atom. The Kier molecular flexibility index (Phi) is 4.92. The van der Waals surface area contributed by atoms with Gasteiger partial charge in [-0.3, -0.25) is 0 Å². The summed E-state index contributed by atoms with van der Waals surface area (Å²) in [6, 6.07) is 9.43. The van der Waals surface area contributed by atoms with Crippen molar-refractivity contribution in [3.63, 3.8) is 0 Å². The molecule has 7 heteroatoms. The van der Waals surface area contributed by atoms with Crippen molar-refractivity contribution < 1.29 is 17.9 Å². The number of nitrogens with zero attached hydrogens (tertiary/aromatic N) is 2. The van der Waals surface area contributed by atoms with E-state index in [9.17, 15) is 13.2 Å². The summed E-state index contributed by atoms with van der Waals surface area (Å²) in [7, 11) is 0. The monoisotopic (exact) mass is 338 g/mol. The summed E-state index contributed by atoms with van der Waals surface area (Å²) in [5.41, 5.74) is 0.0188. The maximum Gasteiger partial charge on any atom is 0.417 e. The molecule has 0 atom stereocenters. The Labute approximate surface area is 135 Å². The largest absolute Gasteiger partial charge is 0.437 e. The van der Waals surface area contributed by atoms with Gasteiger partial charge in [-0.1, -0.05) is 36.4 Å². The van der Waals surface area contributed by atoms with Crippen molar-refractivity contribution in [2.24, 2.45) is 0 Å². The topological polar surface area (TPSA) is 45.9 Å². The molecule has 0 saturated carbocycles. The van der Waals surface area contributed by atoms with E-state index in [1.54, 1.807) is 24.3 Å². The third-order valence-corrected chi connectivity index (χ3v) is 3.15. The zero-order valence-electron chi connectivity index (χ0n) is 11.7. The third kappa shape index (κ3) is 4.24. The molecule has 0 amide bonds. The Morgan fingerprint density at radius 1 is 1.35 bits per heavy atom. The number of halogens is 4. The summed E-state index contributed by atoms with van der Waals surface area (Å²) in [4.78, 5) is 3.62. The van der Waals surface area contributed by atoms with Gasteiger partial charge in [-0.25, -0.2) is 4.98 Å². The maximum absolute atomic E-state index is 12.6. The number of rotatable bonds is 4. The summed E-state index contributed by atoms with van der Waals surface area (Å²) >= 11 is 5.81. The summed E-state index contributed by atoms with van der Waals surface area (Å²) in [6.45, 7) is 3.59. The second-order valence-corrected chi connectivity index (χ2v) is 5.02. The molecule has 0 spiro atoms. The molecule has 23 heavy (non-hydrogen) atoms. The van der Waals surface area contributed by atoms with E-state index in [2.05, 4.69) is 11.6 Å². The van der Waals surface area contributed by atoms with Crippen LogP contribution in [0.15, 0.2) is 48.7 Å². The highest BCUT2D eigenvalue weighted by molar-refractivity contribution is 6.31. The van der Waals surface area contributed by atoms with Crippen LogP contribution >= 0.6 is 11.6 Å². The molecule has 0 radical (unpaired) electrons. The summed E-state index contributed by atoms with van der Waals surface area (Å²) in [5.74, 6) is 0.202. The number of benzene rings is 1. The van der Waals surface area contributed by atoms with E-state index in [0.717, 1.165) is 6.07 Å². The molecular weight excluding hydrogens is 329 g/mol. The standard InChI is InChI=1S/C16H10ClF3N2O/c1-10(8-21)6-11-4-2-3-5-14(11)23-15-13(17)7-12(9-22-15)16(18,19)20/h2-5,7,9H,1,6H2. The van der Waals surface area contributed by atoms with Gasteiger partial charge < -0.3 is 4.74 Å². The lowest BCUT2D eigenvalue weighted by Crippen LogP contribution is -2.06. The summed E-state index contributed by atoms with van der Waals surface area (Å²) in [5, 5.41) is 8.54. The SMILES string of the molecule is C=C(C#N)Cc1ccccc1Oc1ncc(C(F)(F)F)cc1Cl. The Hall–Kier alpha value is -2.52. The molecular formula is C16H10ClF3N2O. The van der Waals surface area contributed by atoms with Gasteiger partial charge in [-0.15, -0.1) is 0 Å². The first kappa shape index (κ1) is 16.8. The van der Waals surface area contributed by atoms with Crippen LogP contribution < -0.4 is 4.74 Å². The average Bonchev–Trinajstić information content (AvgIpc) is 2.50. The fourth-order valence-electron chi connectivity index (χ4n) is 1.78. The lowest BCUT2D eigenvalue weighted by molar-refractivity contribution is -0.137. The molecule has 2 aromatic rings. The lowest BCUT2D eigenvalue weighted by atomic mass is 10.1. The van der Waals surface area contributed by atoms with Gasteiger partial charge >= 0.3 is 6.18 Å². The fraction of sp³-hybridized carbons (Fsp3) is 0.125. The lowest BCUT2D eigenvalue weighted by Gasteiger charge is -2.12. The van der Waals surface area contributed by atoms with Crippen molar-refractivity contribution in [1.82, 2.24) is 4.98 Å². The molecule has 1 aromatic heterocycles. The van der Waals surface area contributed by atoms with Crippen LogP contribution in [0.25, 0.3) is 0 Å². The first-order chi connectivity index (χ1) is 10.8. The predicted octanol–water partition coefficient (Wildman–Crippen LogP) is 5.17. The number of nitriles is 1. The maximum atomic E-state index is 12.6. The highest BCUT2D eigenvalue weighted by Crippen LogP contribution is 2.35. The van der Waals surface area contributed by atoms with E-state index in [0.29, 0.717) is 23.1 Å². The van der Waals surface area contributed by atoms with Crippen molar-refractivity contribution in [3.05, 3.63) is 64.8 Å². The van der Waals surface area contributed by atoms with Crippen molar-refractivity contribution in [2.45, 2.75) is 12.6 Å². The molecule has 0 bridgehead atoms. The van der Waals surface area contributed by atoms with Gasteiger partial charge in [0.15, 0.2) is 0 Å². The van der Waals surface area contributed by atoms with E-state index in [4.69, 9.17) is 21.6 Å². The first-order valence-corrected chi connectivity index (χ1v) is 6.75. The van der Waals surface area contributed by atoms with Gasteiger partial charge in [0, 0.05) is 18.2 Å². The van der Waals surface area contributed by atoms with Crippen molar-refractivity contribution in [3.8, 4) is 17.7 Å². The van der Waals surface area contributed by atoms with Gasteiger partial charge in [0.05, 0.1) is 11.6 Å². The highest BCUT2D eigenvalue weighted by Gasteiger charge is 2.31. The molecule has 0 N–H and O–H groups in total. The van der Waals surface area contributed by atoms with Crippen LogP contribution in [0.3, 0.4) is 0 Å². The van der Waals surface area contributed by atoms with Crippen LogP contribution in [0, 0.1) is 11.3 Å². The molecule has 0 aliphatic heterocycles. The number of aromatic nitrogens is 1. The smallest absolute Gasteiger partial charge is 0.417 e. The van der Waals surface area contributed by atoms with Crippen LogP contribution in [-0.2, 0) is 12.6 Å². The Morgan fingerprint density at radius 2 is 2.04 bits per heavy atom. The average molecular weight is 339 g/mol. The van der Waals surface area contributed by atoms with Crippen LogP contribution in [0.1, 0.15) is 11.1 Å². The van der Waals surface area contributed by atoms with Crippen molar-refractivity contribution in [1.29, 1.82) is 5.26 Å². The number of hydrogen-bond acceptors (Lipinski definition) is 3. The molecule has 0 saturated heterocycles. The third-order valence-electron chi connectivity index (χ3n) is 2.88. The molecule has 0 aliphatic rings. The minimum atomic E-state index is -4.53. The molecule has 118 valence electrons. The molecule has 0 fully saturated rings. The summed E-state index contributed by atoms with van der Waals surface area (Å²) < 4.78 is 43.3. The number of ether oxygens (including phenoxy) is 1. The molecule has 2 rings (SSSR count). The van der Waals surface area contributed by atoms with E-state index in [1.807, 2.05) is 6.07 Å². The minimum Gasteiger partial charge on any atom is -0.437 e. The molecule has 0 unspecified atom stereocenters. The second kappa shape index (κ2) is 6.71. The number of para-hydroxylation sites is 1. The van der Waals surface area contributed by atoms with Gasteiger partial charge in [0.1, 0.15) is 10.8 Å². The number of alkyl halides is 3. The molecule has 1 aromatic carbocycles. The number of pyridine rings is 1. The fourth-order valence-corrected chi connectivity index (χ4v) is 1.98. The number of hydrogen-bond donors (Lipinski definition) is 0. The zero-order valence-corrected chi connectivity index (χ0v) is 12.4. The molecule has 3 nitrogen and oxygen atoms in total. The molecule has 1 heterocycles. The Bertz CT molecular complexity index is 782. The van der Waals surface area contributed by atoms with Crippen molar-refractivity contribution in [2.75, 3.05) is 0 Å².